The molecular formula is C22H22F3N3O3. The number of hydrogen-bond donors (Lipinski definition) is 2. The molecule has 2 aromatic carbocycles. The summed E-state index contributed by atoms with van der Waals surface area (Å²) in [4.78, 5) is 17.7. The van der Waals surface area contributed by atoms with Crippen molar-refractivity contribution in [2.75, 3.05) is 44.7 Å². The fraction of sp³-hybridized carbons (Fsp3) is 0.318. The Balaban J connectivity index is 1.55. The number of fused-ring (bicyclic) bond motifs is 1. The van der Waals surface area contributed by atoms with Crippen LogP contribution < -0.4 is 15.6 Å². The van der Waals surface area contributed by atoms with Crippen LogP contribution in [0.2, 0.25) is 0 Å². The molecule has 31 heavy (non-hydrogen) atoms. The minimum Gasteiger partial charge on any atom is -0.405 e. The summed E-state index contributed by atoms with van der Waals surface area (Å²) in [5.41, 5.74) is 0.836. The van der Waals surface area contributed by atoms with Gasteiger partial charge in [0.1, 0.15) is 5.75 Å². The van der Waals surface area contributed by atoms with Crippen LogP contribution in [0, 0.1) is 0 Å². The first-order valence-corrected chi connectivity index (χ1v) is 9.95. The summed E-state index contributed by atoms with van der Waals surface area (Å²) in [6, 6.07) is 12.7. The van der Waals surface area contributed by atoms with Gasteiger partial charge in [-0.25, -0.2) is 0 Å². The van der Waals surface area contributed by atoms with E-state index in [2.05, 4.69) is 19.9 Å². The highest BCUT2D eigenvalue weighted by Gasteiger charge is 2.32. The maximum Gasteiger partial charge on any atom is 0.573 e. The van der Waals surface area contributed by atoms with Crippen LogP contribution in [0.25, 0.3) is 22.0 Å². The molecule has 1 aromatic heterocycles. The summed E-state index contributed by atoms with van der Waals surface area (Å²) in [6.45, 7) is 4.88. The molecule has 0 spiro atoms. The van der Waals surface area contributed by atoms with Gasteiger partial charge < -0.3 is 19.8 Å². The number of alkyl halides is 3. The lowest BCUT2D eigenvalue weighted by molar-refractivity contribution is -0.274. The molecule has 0 saturated carbocycles. The van der Waals surface area contributed by atoms with Gasteiger partial charge in [-0.3, -0.25) is 9.69 Å². The summed E-state index contributed by atoms with van der Waals surface area (Å²) in [5, 5.41) is 4.39. The quantitative estimate of drug-likeness (QED) is 0.619. The fourth-order valence-electron chi connectivity index (χ4n) is 3.60. The summed E-state index contributed by atoms with van der Waals surface area (Å²) >= 11 is 0. The van der Waals surface area contributed by atoms with Gasteiger partial charge in [0.2, 0.25) is 0 Å². The molecule has 6 nitrogen and oxygen atoms in total. The van der Waals surface area contributed by atoms with E-state index in [4.69, 9.17) is 4.74 Å². The second kappa shape index (κ2) is 8.99. The SMILES string of the molecule is O=c1[nH]c(-c2ccccc2OC(F)(F)F)cc2ccc(NCCN3CCOCC3)cc12. The van der Waals surface area contributed by atoms with E-state index in [0.29, 0.717) is 10.8 Å². The predicted octanol–water partition coefficient (Wildman–Crippen LogP) is 3.84. The molecule has 2 heterocycles. The smallest absolute Gasteiger partial charge is 0.405 e. The summed E-state index contributed by atoms with van der Waals surface area (Å²) in [6.07, 6.45) is -4.82. The fourth-order valence-corrected chi connectivity index (χ4v) is 3.60. The number of para-hydroxylation sites is 1. The molecule has 4 rings (SSSR count). The zero-order chi connectivity index (χ0) is 21.8. The Labute approximate surface area is 176 Å². The maximum atomic E-state index is 12.7. The van der Waals surface area contributed by atoms with Crippen LogP contribution in [0.15, 0.2) is 53.3 Å². The number of ether oxygens (including phenoxy) is 2. The number of pyridine rings is 1. The highest BCUT2D eigenvalue weighted by Crippen LogP contribution is 2.33. The minimum atomic E-state index is -4.82. The van der Waals surface area contributed by atoms with E-state index in [1.54, 1.807) is 24.3 Å². The maximum absolute atomic E-state index is 12.7. The van der Waals surface area contributed by atoms with Crippen molar-refractivity contribution in [2.45, 2.75) is 6.36 Å². The van der Waals surface area contributed by atoms with Crippen LogP contribution in [0.5, 0.6) is 5.75 Å². The lowest BCUT2D eigenvalue weighted by Gasteiger charge is -2.26. The van der Waals surface area contributed by atoms with E-state index >= 15 is 0 Å². The number of anilines is 1. The second-order valence-corrected chi connectivity index (χ2v) is 7.24. The number of morpholine rings is 1. The van der Waals surface area contributed by atoms with Crippen LogP contribution in [0.4, 0.5) is 18.9 Å². The van der Waals surface area contributed by atoms with Gasteiger partial charge in [-0.1, -0.05) is 18.2 Å². The average Bonchev–Trinajstić information content (AvgIpc) is 2.74. The summed E-state index contributed by atoms with van der Waals surface area (Å²) in [7, 11) is 0. The number of halogens is 3. The first-order valence-electron chi connectivity index (χ1n) is 9.95. The van der Waals surface area contributed by atoms with Crippen molar-refractivity contribution in [3.8, 4) is 17.0 Å². The monoisotopic (exact) mass is 433 g/mol. The molecule has 0 atom stereocenters. The van der Waals surface area contributed by atoms with Crippen molar-refractivity contribution in [1.82, 2.24) is 9.88 Å². The highest BCUT2D eigenvalue weighted by atomic mass is 19.4. The highest BCUT2D eigenvalue weighted by molar-refractivity contribution is 5.88. The molecule has 0 radical (unpaired) electrons. The molecular weight excluding hydrogens is 411 g/mol. The molecule has 3 aromatic rings. The van der Waals surface area contributed by atoms with Gasteiger partial charge >= 0.3 is 6.36 Å². The third-order valence-corrected chi connectivity index (χ3v) is 5.11. The number of hydrogen-bond acceptors (Lipinski definition) is 5. The van der Waals surface area contributed by atoms with E-state index in [0.717, 1.165) is 45.1 Å². The van der Waals surface area contributed by atoms with E-state index in [1.807, 2.05) is 6.07 Å². The normalized spacial score (nSPS) is 15.2. The zero-order valence-corrected chi connectivity index (χ0v) is 16.7. The Bertz CT molecular complexity index is 1110. The second-order valence-electron chi connectivity index (χ2n) is 7.24. The van der Waals surface area contributed by atoms with Gasteiger partial charge in [-0.05, 0) is 35.7 Å². The van der Waals surface area contributed by atoms with Crippen molar-refractivity contribution in [3.63, 3.8) is 0 Å². The van der Waals surface area contributed by atoms with Crippen molar-refractivity contribution < 1.29 is 22.6 Å². The van der Waals surface area contributed by atoms with Gasteiger partial charge in [0, 0.05) is 42.8 Å². The molecule has 1 aliphatic heterocycles. The van der Waals surface area contributed by atoms with Crippen LogP contribution in [-0.4, -0.2) is 55.6 Å². The molecule has 0 amide bonds. The Morgan fingerprint density at radius 3 is 2.65 bits per heavy atom. The van der Waals surface area contributed by atoms with E-state index in [-0.39, 0.29) is 22.6 Å². The molecule has 9 heteroatoms. The van der Waals surface area contributed by atoms with Gasteiger partial charge in [-0.2, -0.15) is 0 Å². The van der Waals surface area contributed by atoms with Gasteiger partial charge in [-0.15, -0.1) is 13.2 Å². The Hall–Kier alpha value is -3.04. The molecule has 2 N–H and O–H groups in total. The average molecular weight is 433 g/mol. The van der Waals surface area contributed by atoms with Crippen LogP contribution in [0.3, 0.4) is 0 Å². The molecule has 1 saturated heterocycles. The Morgan fingerprint density at radius 2 is 1.87 bits per heavy atom. The zero-order valence-electron chi connectivity index (χ0n) is 16.7. The third-order valence-electron chi connectivity index (χ3n) is 5.11. The molecule has 164 valence electrons. The third kappa shape index (κ3) is 5.36. The van der Waals surface area contributed by atoms with E-state index in [1.165, 1.54) is 18.2 Å². The van der Waals surface area contributed by atoms with Crippen molar-refractivity contribution in [1.29, 1.82) is 0 Å². The van der Waals surface area contributed by atoms with Crippen molar-refractivity contribution >= 4 is 16.5 Å². The van der Waals surface area contributed by atoms with E-state index in [9.17, 15) is 18.0 Å². The molecule has 0 bridgehead atoms. The first-order chi connectivity index (χ1) is 14.9. The molecule has 0 aliphatic carbocycles. The summed E-state index contributed by atoms with van der Waals surface area (Å²) < 4.78 is 47.6. The predicted molar refractivity (Wildman–Crippen MR) is 112 cm³/mol. The van der Waals surface area contributed by atoms with Crippen molar-refractivity contribution in [2.24, 2.45) is 0 Å². The number of benzene rings is 2. The van der Waals surface area contributed by atoms with Crippen molar-refractivity contribution in [3.05, 3.63) is 58.9 Å². The lowest BCUT2D eigenvalue weighted by Crippen LogP contribution is -2.39. The number of nitrogens with one attached hydrogen (secondary N) is 2. The Kier molecular flexibility index (Phi) is 6.15. The topological polar surface area (TPSA) is 66.6 Å². The molecule has 1 aliphatic rings. The van der Waals surface area contributed by atoms with E-state index < -0.39 is 6.36 Å². The van der Waals surface area contributed by atoms with Gasteiger partial charge in [0.05, 0.1) is 18.9 Å². The number of nitrogens with zero attached hydrogens (tertiary/aromatic N) is 1. The number of aromatic nitrogens is 1. The Morgan fingerprint density at radius 1 is 1.10 bits per heavy atom. The van der Waals surface area contributed by atoms with Gasteiger partial charge in [0.25, 0.3) is 5.56 Å². The number of aromatic amines is 1. The molecule has 1 fully saturated rings. The first kappa shape index (κ1) is 21.2. The standard InChI is InChI=1S/C22H22F3N3O3/c23-22(24,25)31-20-4-2-1-3-17(20)19-13-15-5-6-16(14-18(15)21(29)27-19)26-7-8-28-9-11-30-12-10-28/h1-6,13-14,26H,7-12H2,(H,27,29). The number of H-pyrrole nitrogens is 1. The minimum absolute atomic E-state index is 0.159. The van der Waals surface area contributed by atoms with Crippen LogP contribution in [-0.2, 0) is 4.74 Å². The van der Waals surface area contributed by atoms with Gasteiger partial charge in [0.15, 0.2) is 0 Å². The number of rotatable bonds is 6. The molecule has 0 unspecified atom stereocenters. The van der Waals surface area contributed by atoms with Crippen LogP contribution in [0.1, 0.15) is 0 Å². The lowest BCUT2D eigenvalue weighted by atomic mass is 10.1. The summed E-state index contributed by atoms with van der Waals surface area (Å²) in [5.74, 6) is -0.369. The largest absolute Gasteiger partial charge is 0.573 e. The van der Waals surface area contributed by atoms with Crippen LogP contribution >= 0.6 is 0 Å².